The molecule has 1 N–H and O–H groups in total. The summed E-state index contributed by atoms with van der Waals surface area (Å²) in [7, 11) is 0. The Bertz CT molecular complexity index is 420. The summed E-state index contributed by atoms with van der Waals surface area (Å²) in [5, 5.41) is 18.8. The number of carboxylic acid groups (broad SMARTS) is 1. The van der Waals surface area contributed by atoms with E-state index >= 15 is 0 Å². The summed E-state index contributed by atoms with van der Waals surface area (Å²) in [5.74, 6) is -4.34. The summed E-state index contributed by atoms with van der Waals surface area (Å²) in [4.78, 5) is 19.7. The Morgan fingerprint density at radius 2 is 2.00 bits per heavy atom. The number of hydrogen-bond acceptors (Lipinski definition) is 3. The normalized spacial score (nSPS) is 10.1. The smallest absolute Gasteiger partial charge is 0.338 e. The van der Waals surface area contributed by atoms with Gasteiger partial charge in [-0.25, -0.2) is 9.18 Å². The molecule has 0 saturated heterocycles. The molecule has 1 aromatic rings. The molecule has 15 heavy (non-hydrogen) atoms. The minimum Gasteiger partial charge on any atom is -0.478 e. The first-order chi connectivity index (χ1) is 6.86. The van der Waals surface area contributed by atoms with Crippen LogP contribution < -0.4 is 0 Å². The number of nitro benzene ring substituents is 1. The first-order valence-corrected chi connectivity index (χ1v) is 3.72. The van der Waals surface area contributed by atoms with Crippen LogP contribution in [0.4, 0.5) is 14.5 Å². The van der Waals surface area contributed by atoms with Gasteiger partial charge < -0.3 is 5.11 Å². The van der Waals surface area contributed by atoms with E-state index in [4.69, 9.17) is 5.11 Å². The Morgan fingerprint density at radius 3 is 2.40 bits per heavy atom. The lowest BCUT2D eigenvalue weighted by Crippen LogP contribution is -2.07. The number of carboxylic acids is 1. The van der Waals surface area contributed by atoms with Crippen LogP contribution in [-0.4, -0.2) is 16.0 Å². The van der Waals surface area contributed by atoms with Gasteiger partial charge in [-0.3, -0.25) is 10.1 Å². The van der Waals surface area contributed by atoms with Crippen LogP contribution in [0.5, 0.6) is 0 Å². The van der Waals surface area contributed by atoms with Crippen LogP contribution in [0, 0.1) is 28.7 Å². The molecule has 0 atom stereocenters. The van der Waals surface area contributed by atoms with Crippen molar-refractivity contribution < 1.29 is 23.6 Å². The van der Waals surface area contributed by atoms with Crippen molar-refractivity contribution >= 4 is 11.7 Å². The summed E-state index contributed by atoms with van der Waals surface area (Å²) in [6, 6.07) is 0.361. The fourth-order valence-electron chi connectivity index (χ4n) is 1.04. The SMILES string of the molecule is Cc1c(F)c(C(=O)O)cc([N+](=O)[O-])c1F. The number of rotatable bonds is 2. The van der Waals surface area contributed by atoms with Crippen LogP contribution in [0.3, 0.4) is 0 Å². The third-order valence-corrected chi connectivity index (χ3v) is 1.83. The molecule has 0 fully saturated rings. The number of carbonyl (C=O) groups is 1. The summed E-state index contributed by atoms with van der Waals surface area (Å²) in [5.41, 5.74) is -2.64. The second kappa shape index (κ2) is 3.60. The van der Waals surface area contributed by atoms with Gasteiger partial charge in [0.05, 0.1) is 4.92 Å². The van der Waals surface area contributed by atoms with Crippen LogP contribution in [0.25, 0.3) is 0 Å². The molecule has 0 bridgehead atoms. The summed E-state index contributed by atoms with van der Waals surface area (Å²) in [6.45, 7) is 0.935. The van der Waals surface area contributed by atoms with Crippen molar-refractivity contribution in [2.45, 2.75) is 6.92 Å². The maximum atomic E-state index is 13.1. The summed E-state index contributed by atoms with van der Waals surface area (Å²) >= 11 is 0. The van der Waals surface area contributed by atoms with Crippen molar-refractivity contribution in [2.75, 3.05) is 0 Å². The molecular weight excluding hydrogens is 212 g/mol. The van der Waals surface area contributed by atoms with Gasteiger partial charge in [0.25, 0.3) is 0 Å². The molecule has 5 nitrogen and oxygen atoms in total. The molecule has 7 heteroatoms. The molecule has 0 saturated carbocycles. The molecular formula is C8H5F2NO4. The topological polar surface area (TPSA) is 80.4 Å². The fourth-order valence-corrected chi connectivity index (χ4v) is 1.04. The predicted molar refractivity (Wildman–Crippen MR) is 44.7 cm³/mol. The Kier molecular flexibility index (Phi) is 2.65. The lowest BCUT2D eigenvalue weighted by Gasteiger charge is -2.03. The number of nitro groups is 1. The Balaban J connectivity index is 3.59. The Hall–Kier alpha value is -2.05. The maximum absolute atomic E-state index is 13.1. The van der Waals surface area contributed by atoms with Crippen LogP contribution >= 0.6 is 0 Å². The third-order valence-electron chi connectivity index (χ3n) is 1.83. The Labute approximate surface area is 82.1 Å². The number of halogens is 2. The highest BCUT2D eigenvalue weighted by Crippen LogP contribution is 2.25. The van der Waals surface area contributed by atoms with E-state index in [0.29, 0.717) is 6.07 Å². The quantitative estimate of drug-likeness (QED) is 0.605. The molecule has 80 valence electrons. The largest absolute Gasteiger partial charge is 0.478 e. The summed E-state index contributed by atoms with van der Waals surface area (Å²) in [6.07, 6.45) is 0. The van der Waals surface area contributed by atoms with Gasteiger partial charge in [0.2, 0.25) is 5.82 Å². The molecule has 1 rings (SSSR count). The first kappa shape index (κ1) is 11.0. The molecule has 0 aliphatic rings. The average Bonchev–Trinajstić information content (AvgIpc) is 2.13. The van der Waals surface area contributed by atoms with E-state index in [1.807, 2.05) is 0 Å². The summed E-state index contributed by atoms with van der Waals surface area (Å²) < 4.78 is 26.2. The minimum absolute atomic E-state index is 0.361. The van der Waals surface area contributed by atoms with Crippen molar-refractivity contribution in [3.63, 3.8) is 0 Å². The lowest BCUT2D eigenvalue weighted by molar-refractivity contribution is -0.387. The standard InChI is InChI=1S/C8H5F2NO4/c1-3-6(9)4(8(12)13)2-5(7(3)10)11(14)15/h2H,1H3,(H,12,13). The van der Waals surface area contributed by atoms with Gasteiger partial charge in [-0.2, -0.15) is 4.39 Å². The molecule has 0 aliphatic carbocycles. The second-order valence-corrected chi connectivity index (χ2v) is 2.76. The van der Waals surface area contributed by atoms with Gasteiger partial charge in [0, 0.05) is 11.6 Å². The molecule has 0 amide bonds. The van der Waals surface area contributed by atoms with E-state index in [-0.39, 0.29) is 0 Å². The molecule has 0 aliphatic heterocycles. The van der Waals surface area contributed by atoms with E-state index in [0.717, 1.165) is 6.92 Å². The molecule has 0 spiro atoms. The fraction of sp³-hybridized carbons (Fsp3) is 0.125. The zero-order valence-corrected chi connectivity index (χ0v) is 7.45. The highest BCUT2D eigenvalue weighted by molar-refractivity contribution is 5.89. The van der Waals surface area contributed by atoms with Crippen LogP contribution in [0.1, 0.15) is 15.9 Å². The van der Waals surface area contributed by atoms with E-state index in [9.17, 15) is 23.7 Å². The van der Waals surface area contributed by atoms with E-state index < -0.39 is 39.3 Å². The van der Waals surface area contributed by atoms with E-state index in [1.54, 1.807) is 0 Å². The number of hydrogen-bond donors (Lipinski definition) is 1. The van der Waals surface area contributed by atoms with Gasteiger partial charge in [-0.1, -0.05) is 0 Å². The van der Waals surface area contributed by atoms with Crippen molar-refractivity contribution in [1.82, 2.24) is 0 Å². The van der Waals surface area contributed by atoms with Crippen LogP contribution in [0.2, 0.25) is 0 Å². The molecule has 0 aromatic heterocycles. The molecule has 0 heterocycles. The number of nitrogens with zero attached hydrogens (tertiary/aromatic N) is 1. The monoisotopic (exact) mass is 217 g/mol. The average molecular weight is 217 g/mol. The number of aromatic carboxylic acids is 1. The third kappa shape index (κ3) is 1.76. The van der Waals surface area contributed by atoms with Crippen molar-refractivity contribution in [2.24, 2.45) is 0 Å². The highest BCUT2D eigenvalue weighted by Gasteiger charge is 2.25. The molecule has 0 unspecified atom stereocenters. The van der Waals surface area contributed by atoms with Gasteiger partial charge >= 0.3 is 11.7 Å². The zero-order valence-electron chi connectivity index (χ0n) is 7.45. The highest BCUT2D eigenvalue weighted by atomic mass is 19.1. The lowest BCUT2D eigenvalue weighted by atomic mass is 10.1. The van der Waals surface area contributed by atoms with Crippen LogP contribution in [0.15, 0.2) is 6.07 Å². The van der Waals surface area contributed by atoms with Gasteiger partial charge in [-0.15, -0.1) is 0 Å². The molecule has 0 radical (unpaired) electrons. The van der Waals surface area contributed by atoms with E-state index in [1.165, 1.54) is 0 Å². The zero-order chi connectivity index (χ0) is 11.7. The minimum atomic E-state index is -1.68. The number of benzene rings is 1. The maximum Gasteiger partial charge on any atom is 0.338 e. The van der Waals surface area contributed by atoms with E-state index in [2.05, 4.69) is 0 Å². The van der Waals surface area contributed by atoms with Crippen molar-refractivity contribution in [3.8, 4) is 0 Å². The van der Waals surface area contributed by atoms with Gasteiger partial charge in [-0.05, 0) is 6.92 Å². The Morgan fingerprint density at radius 1 is 1.47 bits per heavy atom. The van der Waals surface area contributed by atoms with Crippen molar-refractivity contribution in [1.29, 1.82) is 0 Å². The predicted octanol–water partition coefficient (Wildman–Crippen LogP) is 1.88. The second-order valence-electron chi connectivity index (χ2n) is 2.76. The van der Waals surface area contributed by atoms with Crippen LogP contribution in [-0.2, 0) is 0 Å². The van der Waals surface area contributed by atoms with Gasteiger partial charge in [0.1, 0.15) is 11.4 Å². The van der Waals surface area contributed by atoms with Crippen molar-refractivity contribution in [3.05, 3.63) is 38.9 Å². The van der Waals surface area contributed by atoms with Gasteiger partial charge in [0.15, 0.2) is 0 Å². The molecule has 1 aromatic carbocycles. The first-order valence-electron chi connectivity index (χ1n) is 3.72.